The van der Waals surface area contributed by atoms with E-state index in [2.05, 4.69) is 0 Å². The molecule has 1 unspecified atom stereocenters. The fourth-order valence-corrected chi connectivity index (χ4v) is 8.25. The van der Waals surface area contributed by atoms with E-state index in [0.29, 0.717) is 32.0 Å². The van der Waals surface area contributed by atoms with Gasteiger partial charge in [-0.3, -0.25) is 0 Å². The molecule has 2 aromatic rings. The highest BCUT2D eigenvalue weighted by Crippen LogP contribution is 2.39. The third-order valence-electron chi connectivity index (χ3n) is 6.89. The lowest BCUT2D eigenvalue weighted by atomic mass is 9.95. The molecule has 4 rings (SSSR count). The summed E-state index contributed by atoms with van der Waals surface area (Å²) in [6.45, 7) is 8.21. The summed E-state index contributed by atoms with van der Waals surface area (Å²) in [6, 6.07) is 5.32. The predicted molar refractivity (Wildman–Crippen MR) is 141 cm³/mol. The lowest BCUT2D eigenvalue weighted by Gasteiger charge is -2.40. The molecule has 2 saturated heterocycles. The Morgan fingerprint density at radius 3 is 2.28 bits per heavy atom. The van der Waals surface area contributed by atoms with Gasteiger partial charge in [-0.15, -0.1) is 11.3 Å². The number of benzene rings is 1. The number of ether oxygens (including phenoxy) is 1. The molecule has 0 bridgehead atoms. The number of amides is 1. The van der Waals surface area contributed by atoms with E-state index in [4.69, 9.17) is 4.74 Å². The lowest BCUT2D eigenvalue weighted by molar-refractivity contribution is -0.137. The molecule has 1 aromatic heterocycles. The van der Waals surface area contributed by atoms with Crippen molar-refractivity contribution in [1.82, 2.24) is 9.21 Å². The fourth-order valence-electron chi connectivity index (χ4n) is 5.01. The summed E-state index contributed by atoms with van der Waals surface area (Å²) < 4.78 is 88.1. The van der Waals surface area contributed by atoms with Crippen molar-refractivity contribution in [3.8, 4) is 0 Å². The van der Waals surface area contributed by atoms with E-state index in [-0.39, 0.29) is 41.5 Å². The highest BCUT2D eigenvalue weighted by atomic mass is 32.2. The summed E-state index contributed by atoms with van der Waals surface area (Å²) in [7, 11) is -3.87. The van der Waals surface area contributed by atoms with Crippen molar-refractivity contribution in [2.75, 3.05) is 37.6 Å². The molecule has 7 nitrogen and oxygen atoms in total. The maximum atomic E-state index is 13.5. The number of piperidine rings is 1. The van der Waals surface area contributed by atoms with Crippen molar-refractivity contribution in [1.29, 1.82) is 0 Å². The third-order valence-corrected chi connectivity index (χ3v) is 10.6. The third kappa shape index (κ3) is 6.68. The van der Waals surface area contributed by atoms with Crippen LogP contribution >= 0.6 is 11.3 Å². The number of sulfonamides is 1. The highest BCUT2D eigenvalue weighted by molar-refractivity contribution is 7.91. The Kier molecular flexibility index (Phi) is 8.26. The Bertz CT molecular complexity index is 1300. The van der Waals surface area contributed by atoms with Gasteiger partial charge in [-0.05, 0) is 76.8 Å². The maximum absolute atomic E-state index is 13.5. The first kappa shape index (κ1) is 29.6. The molecule has 1 atom stereocenters. The second-order valence-electron chi connectivity index (χ2n) is 11.0. The molecule has 0 saturated carbocycles. The van der Waals surface area contributed by atoms with Gasteiger partial charge in [0.05, 0.1) is 5.56 Å². The number of rotatable bonds is 4. The van der Waals surface area contributed by atoms with Crippen molar-refractivity contribution in [2.24, 2.45) is 0 Å². The minimum absolute atomic E-state index is 0.000314. The first-order valence-electron chi connectivity index (χ1n) is 12.8. The topological polar surface area (TPSA) is 70.2 Å². The van der Waals surface area contributed by atoms with E-state index in [1.165, 1.54) is 20.5 Å². The van der Waals surface area contributed by atoms with Gasteiger partial charge >= 0.3 is 12.3 Å². The van der Waals surface area contributed by atoms with Gasteiger partial charge in [0, 0.05) is 49.3 Å². The van der Waals surface area contributed by atoms with Gasteiger partial charge < -0.3 is 14.5 Å². The number of halogens is 4. The number of hydrogen-bond donors (Lipinski definition) is 0. The van der Waals surface area contributed by atoms with Crippen LogP contribution in [0.15, 0.2) is 34.5 Å². The molecule has 1 amide bonds. The van der Waals surface area contributed by atoms with Crippen LogP contribution in [-0.2, 0) is 20.9 Å². The van der Waals surface area contributed by atoms with Crippen LogP contribution in [0.4, 0.5) is 28.0 Å². The largest absolute Gasteiger partial charge is 0.444 e. The van der Waals surface area contributed by atoms with Crippen LogP contribution in [0.2, 0.25) is 0 Å². The average molecular weight is 592 g/mol. The molecule has 0 aliphatic carbocycles. The number of piperazine rings is 1. The molecule has 13 heteroatoms. The predicted octanol–water partition coefficient (Wildman–Crippen LogP) is 5.92. The quantitative estimate of drug-likeness (QED) is 0.413. The molecule has 0 N–H and O–H groups in total. The number of thiophene rings is 1. The zero-order chi connectivity index (χ0) is 28.8. The number of likely N-dealkylation sites (tertiary alicyclic amines) is 1. The molecule has 216 valence electrons. The number of alkyl halides is 3. The Morgan fingerprint density at radius 2 is 1.69 bits per heavy atom. The van der Waals surface area contributed by atoms with Crippen LogP contribution in [0.1, 0.15) is 56.9 Å². The molecule has 1 aromatic carbocycles. The molecule has 0 spiro atoms. The van der Waals surface area contributed by atoms with E-state index < -0.39 is 39.2 Å². The highest BCUT2D eigenvalue weighted by Gasteiger charge is 2.39. The van der Waals surface area contributed by atoms with E-state index in [9.17, 15) is 30.8 Å². The van der Waals surface area contributed by atoms with Crippen molar-refractivity contribution >= 4 is 33.1 Å². The van der Waals surface area contributed by atoms with Crippen molar-refractivity contribution in [3.05, 3.63) is 46.6 Å². The Balaban J connectivity index is 1.42. The minimum atomic E-state index is -4.74. The Morgan fingerprint density at radius 1 is 1.03 bits per heavy atom. The number of carbonyl (C=O) groups is 1. The maximum Gasteiger partial charge on any atom is 0.418 e. The summed E-state index contributed by atoms with van der Waals surface area (Å²) in [5.74, 6) is -0.865. The average Bonchev–Trinajstić information content (AvgIpc) is 3.34. The van der Waals surface area contributed by atoms with Crippen LogP contribution in [0.25, 0.3) is 0 Å². The van der Waals surface area contributed by atoms with Crippen LogP contribution in [-0.4, -0.2) is 68.1 Å². The lowest BCUT2D eigenvalue weighted by Crippen LogP contribution is -2.54. The Labute approximate surface area is 230 Å². The first-order chi connectivity index (χ1) is 18.1. The molecule has 2 fully saturated rings. The van der Waals surface area contributed by atoms with Gasteiger partial charge in [0.1, 0.15) is 15.6 Å². The van der Waals surface area contributed by atoms with Gasteiger partial charge in [-0.1, -0.05) is 0 Å². The molecular weight excluding hydrogens is 558 g/mol. The van der Waals surface area contributed by atoms with Crippen LogP contribution < -0.4 is 4.90 Å². The van der Waals surface area contributed by atoms with Crippen molar-refractivity contribution < 1.29 is 35.5 Å². The summed E-state index contributed by atoms with van der Waals surface area (Å²) >= 11 is 1.20. The SMILES string of the molecule is CC1CN(c2ccc(F)cc2C(F)(F)F)CCN1S(=O)(=O)c1ccc(C2CCN(C(=O)OC(C)(C)C)CC2)s1. The van der Waals surface area contributed by atoms with E-state index in [1.807, 2.05) is 20.8 Å². The Hall–Kier alpha value is -2.38. The van der Waals surface area contributed by atoms with Crippen LogP contribution in [0, 0.1) is 5.82 Å². The molecule has 0 radical (unpaired) electrons. The second kappa shape index (κ2) is 10.9. The van der Waals surface area contributed by atoms with Crippen LogP contribution in [0.3, 0.4) is 0 Å². The van der Waals surface area contributed by atoms with Crippen LogP contribution in [0.5, 0.6) is 0 Å². The first-order valence-corrected chi connectivity index (χ1v) is 15.0. The summed E-state index contributed by atoms with van der Waals surface area (Å²) in [6.07, 6.45) is -3.71. The van der Waals surface area contributed by atoms with Gasteiger partial charge in [0.15, 0.2) is 0 Å². The van der Waals surface area contributed by atoms with Crippen molar-refractivity contribution in [3.63, 3.8) is 0 Å². The molecule has 2 aliphatic rings. The zero-order valence-corrected chi connectivity index (χ0v) is 23.9. The summed E-state index contributed by atoms with van der Waals surface area (Å²) in [5, 5.41) is 0. The second-order valence-corrected chi connectivity index (χ2v) is 14.2. The summed E-state index contributed by atoms with van der Waals surface area (Å²) in [5.41, 5.74) is -1.82. The van der Waals surface area contributed by atoms with E-state index in [1.54, 1.807) is 24.0 Å². The number of anilines is 1. The monoisotopic (exact) mass is 591 g/mol. The standard InChI is InChI=1S/C26H33F4N3O4S2/c1-17-16-32(21-6-5-19(27)15-20(21)26(28,29)30)13-14-33(17)39(35,36)23-8-7-22(38-23)18-9-11-31(12-10-18)24(34)37-25(2,3)4/h5-8,15,17-18H,9-14,16H2,1-4H3. The number of nitrogens with zero attached hydrogens (tertiary/aromatic N) is 3. The van der Waals surface area contributed by atoms with Gasteiger partial charge in [-0.2, -0.15) is 17.5 Å². The van der Waals surface area contributed by atoms with E-state index >= 15 is 0 Å². The molecule has 3 heterocycles. The molecule has 39 heavy (non-hydrogen) atoms. The molecule has 2 aliphatic heterocycles. The normalized spacial score (nSPS) is 20.4. The van der Waals surface area contributed by atoms with Gasteiger partial charge in [0.2, 0.25) is 0 Å². The molecular formula is C26H33F4N3O4S2. The minimum Gasteiger partial charge on any atom is -0.444 e. The number of hydrogen-bond acceptors (Lipinski definition) is 6. The van der Waals surface area contributed by atoms with E-state index in [0.717, 1.165) is 17.0 Å². The smallest absolute Gasteiger partial charge is 0.418 e. The van der Waals surface area contributed by atoms with Gasteiger partial charge in [0.25, 0.3) is 10.0 Å². The zero-order valence-electron chi connectivity index (χ0n) is 22.3. The number of carbonyl (C=O) groups excluding carboxylic acids is 1. The fraction of sp³-hybridized carbons (Fsp3) is 0.577. The summed E-state index contributed by atoms with van der Waals surface area (Å²) in [4.78, 5) is 16.4. The van der Waals surface area contributed by atoms with Gasteiger partial charge in [-0.25, -0.2) is 17.6 Å². The van der Waals surface area contributed by atoms with Crippen molar-refractivity contribution in [2.45, 2.75) is 68.5 Å².